The maximum Gasteiger partial charge on any atom is 0.337 e. The summed E-state index contributed by atoms with van der Waals surface area (Å²) in [6.45, 7) is 0. The van der Waals surface area contributed by atoms with Gasteiger partial charge in [0.05, 0.1) is 12.0 Å². The van der Waals surface area contributed by atoms with Crippen molar-refractivity contribution in [1.82, 2.24) is 0 Å². The lowest BCUT2D eigenvalue weighted by atomic mass is 10.1. The number of nitro groups is 1. The summed E-state index contributed by atoms with van der Waals surface area (Å²) < 4.78 is 5.18. The first-order chi connectivity index (χ1) is 7.88. The second kappa shape index (κ2) is 5.11. The number of carbonyl (C=O) groups is 1. The average molecular weight is 306 g/mol. The van der Waals surface area contributed by atoms with Crippen molar-refractivity contribution in [3.8, 4) is 5.75 Å². The second-order valence-corrected chi connectivity index (χ2v) is 3.95. The predicted octanol–water partition coefficient (Wildman–Crippen LogP) is 1.48. The molecule has 17 heavy (non-hydrogen) atoms. The van der Waals surface area contributed by atoms with Crippen molar-refractivity contribution < 1.29 is 24.7 Å². The van der Waals surface area contributed by atoms with Crippen LogP contribution in [0.2, 0.25) is 0 Å². The van der Waals surface area contributed by atoms with Gasteiger partial charge >= 0.3 is 5.97 Å². The van der Waals surface area contributed by atoms with Crippen LogP contribution < -0.4 is 4.74 Å². The van der Waals surface area contributed by atoms with Gasteiger partial charge in [-0.25, -0.2) is 4.79 Å². The van der Waals surface area contributed by atoms with E-state index in [1.54, 1.807) is 0 Å². The van der Waals surface area contributed by atoms with Gasteiger partial charge in [-0.3, -0.25) is 10.1 Å². The van der Waals surface area contributed by atoms with Crippen LogP contribution in [0.5, 0.6) is 5.75 Å². The molecule has 0 saturated heterocycles. The second-order valence-electron chi connectivity index (χ2n) is 3.04. The van der Waals surface area contributed by atoms with Crippen molar-refractivity contribution in [3.63, 3.8) is 0 Å². The van der Waals surface area contributed by atoms with Crippen LogP contribution in [0.25, 0.3) is 0 Å². The number of halogens is 1. The Labute approximate surface area is 104 Å². The number of ether oxygens (including phenoxy) is 1. The number of benzene rings is 1. The van der Waals surface area contributed by atoms with Gasteiger partial charge in [0.1, 0.15) is 11.3 Å². The summed E-state index contributed by atoms with van der Waals surface area (Å²) >= 11 is 3.03. The largest absolute Gasteiger partial charge is 0.496 e. The van der Waals surface area contributed by atoms with Crippen LogP contribution in [0.15, 0.2) is 16.6 Å². The van der Waals surface area contributed by atoms with Gasteiger partial charge in [0, 0.05) is 10.5 Å². The number of hydrogen-bond acceptors (Lipinski definition) is 5. The van der Waals surface area contributed by atoms with Crippen LogP contribution in [-0.4, -0.2) is 28.2 Å². The Morgan fingerprint density at radius 1 is 1.59 bits per heavy atom. The lowest BCUT2D eigenvalue weighted by Crippen LogP contribution is -2.14. The van der Waals surface area contributed by atoms with Crippen LogP contribution in [0.1, 0.15) is 11.7 Å². The van der Waals surface area contributed by atoms with Crippen LogP contribution in [-0.2, 0) is 4.79 Å². The number of aliphatic carboxylic acids is 1. The van der Waals surface area contributed by atoms with Crippen molar-refractivity contribution in [2.24, 2.45) is 0 Å². The van der Waals surface area contributed by atoms with E-state index in [-0.39, 0.29) is 11.3 Å². The van der Waals surface area contributed by atoms with E-state index in [0.29, 0.717) is 4.47 Å². The van der Waals surface area contributed by atoms with E-state index >= 15 is 0 Å². The van der Waals surface area contributed by atoms with Gasteiger partial charge < -0.3 is 14.9 Å². The Hall–Kier alpha value is -1.67. The van der Waals surface area contributed by atoms with E-state index in [4.69, 9.17) is 9.84 Å². The number of aliphatic hydroxyl groups excluding tert-OH is 1. The smallest absolute Gasteiger partial charge is 0.337 e. The summed E-state index contributed by atoms with van der Waals surface area (Å²) in [6, 6.07) is 2.44. The van der Waals surface area contributed by atoms with E-state index in [0.717, 1.165) is 6.07 Å². The van der Waals surface area contributed by atoms with Gasteiger partial charge in [-0.15, -0.1) is 0 Å². The first kappa shape index (κ1) is 13.4. The average Bonchev–Trinajstić information content (AvgIpc) is 2.26. The van der Waals surface area contributed by atoms with E-state index in [1.807, 2.05) is 0 Å². The molecule has 0 radical (unpaired) electrons. The molecule has 1 aromatic carbocycles. The SMILES string of the molecule is COc1cc(Br)cc([N+](=O)[O-])c1C(O)C(=O)O. The normalized spacial score (nSPS) is 11.9. The summed E-state index contributed by atoms with van der Waals surface area (Å²) in [5.41, 5.74) is -0.903. The number of aliphatic hydroxyl groups is 1. The third-order valence-corrected chi connectivity index (χ3v) is 2.47. The Balaban J connectivity index is 3.52. The molecule has 8 heteroatoms. The first-order valence-electron chi connectivity index (χ1n) is 4.31. The zero-order valence-electron chi connectivity index (χ0n) is 8.58. The highest BCUT2D eigenvalue weighted by Crippen LogP contribution is 2.37. The van der Waals surface area contributed by atoms with Gasteiger partial charge in [-0.1, -0.05) is 15.9 Å². The summed E-state index contributed by atoms with van der Waals surface area (Å²) in [4.78, 5) is 20.7. The summed E-state index contributed by atoms with van der Waals surface area (Å²) in [6.07, 6.45) is -2.02. The molecule has 0 aliphatic carbocycles. The quantitative estimate of drug-likeness (QED) is 0.644. The lowest BCUT2D eigenvalue weighted by Gasteiger charge is -2.12. The van der Waals surface area contributed by atoms with Crippen molar-refractivity contribution >= 4 is 27.6 Å². The molecule has 1 aromatic rings. The first-order valence-corrected chi connectivity index (χ1v) is 5.10. The van der Waals surface area contributed by atoms with Crippen molar-refractivity contribution in [2.75, 3.05) is 7.11 Å². The molecule has 0 spiro atoms. The Kier molecular flexibility index (Phi) is 4.02. The van der Waals surface area contributed by atoms with E-state index in [9.17, 15) is 20.0 Å². The van der Waals surface area contributed by atoms with Crippen molar-refractivity contribution in [3.05, 3.63) is 32.3 Å². The molecule has 0 bridgehead atoms. The fraction of sp³-hybridized carbons (Fsp3) is 0.222. The van der Waals surface area contributed by atoms with Gasteiger partial charge in [0.2, 0.25) is 0 Å². The van der Waals surface area contributed by atoms with Crippen molar-refractivity contribution in [2.45, 2.75) is 6.10 Å². The van der Waals surface area contributed by atoms with Crippen molar-refractivity contribution in [1.29, 1.82) is 0 Å². The number of rotatable bonds is 4. The molecule has 7 nitrogen and oxygen atoms in total. The number of hydrogen-bond donors (Lipinski definition) is 2. The highest BCUT2D eigenvalue weighted by Gasteiger charge is 2.30. The van der Waals surface area contributed by atoms with E-state index in [1.165, 1.54) is 13.2 Å². The fourth-order valence-corrected chi connectivity index (χ4v) is 1.72. The maximum atomic E-state index is 10.8. The zero-order chi connectivity index (χ0) is 13.2. The fourth-order valence-electron chi connectivity index (χ4n) is 1.30. The number of nitrogens with zero attached hydrogens (tertiary/aromatic N) is 1. The molecule has 1 unspecified atom stereocenters. The highest BCUT2D eigenvalue weighted by atomic mass is 79.9. The number of nitro benzene ring substituents is 1. The molecule has 2 N–H and O–H groups in total. The molecule has 0 saturated carbocycles. The van der Waals surface area contributed by atoms with Gasteiger partial charge in [0.25, 0.3) is 5.69 Å². The summed E-state index contributed by atoms with van der Waals surface area (Å²) in [7, 11) is 1.23. The third kappa shape index (κ3) is 2.71. The van der Waals surface area contributed by atoms with Crippen LogP contribution in [0.3, 0.4) is 0 Å². The molecule has 0 aliphatic heterocycles. The van der Waals surface area contributed by atoms with Crippen LogP contribution >= 0.6 is 15.9 Å². The number of methoxy groups -OCH3 is 1. The van der Waals surface area contributed by atoms with Gasteiger partial charge in [-0.2, -0.15) is 0 Å². The minimum atomic E-state index is -2.02. The minimum absolute atomic E-state index is 0.0685. The molecule has 1 atom stereocenters. The number of carboxylic acid groups (broad SMARTS) is 1. The Bertz CT molecular complexity index is 475. The molecule has 0 amide bonds. The van der Waals surface area contributed by atoms with Crippen LogP contribution in [0.4, 0.5) is 5.69 Å². The topological polar surface area (TPSA) is 110 Å². The monoisotopic (exact) mass is 305 g/mol. The van der Waals surface area contributed by atoms with Crippen LogP contribution in [0, 0.1) is 10.1 Å². The van der Waals surface area contributed by atoms with Gasteiger partial charge in [-0.05, 0) is 6.07 Å². The molecule has 1 rings (SSSR count). The Morgan fingerprint density at radius 3 is 2.59 bits per heavy atom. The molecule has 0 aromatic heterocycles. The van der Waals surface area contributed by atoms with E-state index < -0.39 is 22.7 Å². The molecule has 0 fully saturated rings. The predicted molar refractivity (Wildman–Crippen MR) is 59.9 cm³/mol. The highest BCUT2D eigenvalue weighted by molar-refractivity contribution is 9.10. The Morgan fingerprint density at radius 2 is 2.18 bits per heavy atom. The molecule has 92 valence electrons. The molecule has 0 aliphatic rings. The molecular weight excluding hydrogens is 298 g/mol. The third-order valence-electron chi connectivity index (χ3n) is 2.01. The minimum Gasteiger partial charge on any atom is -0.496 e. The molecule has 0 heterocycles. The molecular formula is C9H8BrNO6. The lowest BCUT2D eigenvalue weighted by molar-refractivity contribution is -0.386. The standard InChI is InChI=1S/C9H8BrNO6/c1-17-6-3-4(10)2-5(11(15)16)7(6)8(12)9(13)14/h2-3,8,12H,1H3,(H,13,14). The summed E-state index contributed by atoms with van der Waals surface area (Å²) in [5.74, 6) is -1.66. The number of carboxylic acids is 1. The van der Waals surface area contributed by atoms with Gasteiger partial charge in [0.15, 0.2) is 6.10 Å². The summed E-state index contributed by atoms with van der Waals surface area (Å²) in [5, 5.41) is 28.9. The zero-order valence-corrected chi connectivity index (χ0v) is 10.2. The van der Waals surface area contributed by atoms with E-state index in [2.05, 4.69) is 15.9 Å². The maximum absolute atomic E-state index is 10.8.